The van der Waals surface area contributed by atoms with Crippen molar-refractivity contribution in [1.82, 2.24) is 0 Å². The van der Waals surface area contributed by atoms with Gasteiger partial charge in [0.25, 0.3) is 0 Å². The summed E-state index contributed by atoms with van der Waals surface area (Å²) >= 11 is 0. The van der Waals surface area contributed by atoms with Gasteiger partial charge in [0.05, 0.1) is 7.11 Å². The van der Waals surface area contributed by atoms with Crippen molar-refractivity contribution in [3.05, 3.63) is 71.8 Å². The van der Waals surface area contributed by atoms with Gasteiger partial charge in [-0.25, -0.2) is 9.59 Å². The lowest BCUT2D eigenvalue weighted by atomic mass is 10.2. The van der Waals surface area contributed by atoms with Crippen LogP contribution in [0.2, 0.25) is 0 Å². The Bertz CT molecular complexity index is 660. The molecule has 0 radical (unpaired) electrons. The van der Waals surface area contributed by atoms with Gasteiger partial charge in [-0.3, -0.25) is 0 Å². The van der Waals surface area contributed by atoms with E-state index in [1.54, 1.807) is 24.3 Å². The maximum Gasteiger partial charge on any atom is 0.341 e. The van der Waals surface area contributed by atoms with Crippen molar-refractivity contribution in [1.29, 1.82) is 0 Å². The third-order valence-corrected chi connectivity index (χ3v) is 2.71. The summed E-state index contributed by atoms with van der Waals surface area (Å²) in [6.07, 6.45) is 2.95. The highest BCUT2D eigenvalue weighted by atomic mass is 16.5. The van der Waals surface area contributed by atoms with Gasteiger partial charge in [-0.05, 0) is 23.8 Å². The summed E-state index contributed by atoms with van der Waals surface area (Å²) in [7, 11) is 1.27. The van der Waals surface area contributed by atoms with Crippen molar-refractivity contribution < 1.29 is 19.1 Å². The number of rotatable bonds is 4. The number of hydrogen-bond donors (Lipinski definition) is 0. The van der Waals surface area contributed by atoms with Gasteiger partial charge in [0.15, 0.2) is 0 Å². The standard InChI is InChI=1S/C17H14O4/c1-20-17(19)14-9-5-6-10-15(14)21-16(18)12-11-13-7-3-2-4-8-13/h2-12H,1H3/b12-11+. The molecular weight excluding hydrogens is 268 g/mol. The van der Waals surface area contributed by atoms with Crippen LogP contribution in [0.5, 0.6) is 5.75 Å². The van der Waals surface area contributed by atoms with Gasteiger partial charge in [0, 0.05) is 6.08 Å². The molecule has 2 aromatic rings. The molecule has 0 atom stereocenters. The Morgan fingerprint density at radius 2 is 1.62 bits per heavy atom. The minimum absolute atomic E-state index is 0.173. The van der Waals surface area contributed by atoms with Crippen LogP contribution in [0.4, 0.5) is 0 Å². The lowest BCUT2D eigenvalue weighted by Gasteiger charge is -2.06. The Morgan fingerprint density at radius 1 is 0.952 bits per heavy atom. The number of para-hydroxylation sites is 1. The van der Waals surface area contributed by atoms with Gasteiger partial charge in [0.1, 0.15) is 11.3 Å². The molecular formula is C17H14O4. The first-order chi connectivity index (χ1) is 10.2. The molecule has 0 bridgehead atoms. The molecule has 2 aromatic carbocycles. The Labute approximate surface area is 122 Å². The van der Waals surface area contributed by atoms with Gasteiger partial charge in [-0.1, -0.05) is 42.5 Å². The summed E-state index contributed by atoms with van der Waals surface area (Å²) in [6, 6.07) is 15.8. The van der Waals surface area contributed by atoms with Crippen LogP contribution in [-0.2, 0) is 9.53 Å². The summed E-state index contributed by atoms with van der Waals surface area (Å²) in [4.78, 5) is 23.4. The monoisotopic (exact) mass is 282 g/mol. The minimum atomic E-state index is -0.560. The predicted molar refractivity (Wildman–Crippen MR) is 78.9 cm³/mol. The highest BCUT2D eigenvalue weighted by molar-refractivity contribution is 5.95. The molecule has 0 saturated heterocycles. The Kier molecular flexibility index (Phi) is 4.88. The van der Waals surface area contributed by atoms with Crippen LogP contribution in [0, 0.1) is 0 Å². The molecule has 0 aliphatic rings. The number of carbonyl (C=O) groups excluding carboxylic acids is 2. The second kappa shape index (κ2) is 7.05. The minimum Gasteiger partial charge on any atom is -0.465 e. The molecule has 0 aliphatic heterocycles. The number of benzene rings is 2. The number of ether oxygens (including phenoxy) is 2. The van der Waals surface area contributed by atoms with Crippen LogP contribution in [0.25, 0.3) is 6.08 Å². The second-order valence-electron chi connectivity index (χ2n) is 4.15. The zero-order chi connectivity index (χ0) is 15.1. The van der Waals surface area contributed by atoms with Crippen molar-refractivity contribution in [2.24, 2.45) is 0 Å². The summed E-state index contributed by atoms with van der Waals surface area (Å²) in [6.45, 7) is 0. The van der Waals surface area contributed by atoms with Crippen LogP contribution in [0.1, 0.15) is 15.9 Å². The van der Waals surface area contributed by atoms with Crippen molar-refractivity contribution in [3.8, 4) is 5.75 Å². The fourth-order valence-electron chi connectivity index (χ4n) is 1.71. The van der Waals surface area contributed by atoms with E-state index in [2.05, 4.69) is 4.74 Å². The van der Waals surface area contributed by atoms with Crippen LogP contribution in [0.15, 0.2) is 60.7 Å². The van der Waals surface area contributed by atoms with E-state index in [1.807, 2.05) is 30.3 Å². The maximum absolute atomic E-state index is 11.8. The third-order valence-electron chi connectivity index (χ3n) is 2.71. The van der Waals surface area contributed by atoms with Crippen molar-refractivity contribution in [2.75, 3.05) is 7.11 Å². The van der Waals surface area contributed by atoms with E-state index in [0.717, 1.165) is 5.56 Å². The SMILES string of the molecule is COC(=O)c1ccccc1OC(=O)/C=C/c1ccccc1. The summed E-state index contributed by atoms with van der Waals surface area (Å²) in [5, 5.41) is 0. The first-order valence-corrected chi connectivity index (χ1v) is 6.33. The van der Waals surface area contributed by atoms with E-state index in [-0.39, 0.29) is 11.3 Å². The van der Waals surface area contributed by atoms with Crippen LogP contribution in [-0.4, -0.2) is 19.0 Å². The molecule has 0 aromatic heterocycles. The molecule has 106 valence electrons. The molecule has 2 rings (SSSR count). The van der Waals surface area contributed by atoms with Crippen molar-refractivity contribution in [3.63, 3.8) is 0 Å². The molecule has 0 fully saturated rings. The molecule has 4 heteroatoms. The van der Waals surface area contributed by atoms with E-state index in [9.17, 15) is 9.59 Å². The van der Waals surface area contributed by atoms with Gasteiger partial charge in [0.2, 0.25) is 0 Å². The maximum atomic E-state index is 11.8. The summed E-state index contributed by atoms with van der Waals surface area (Å²) in [5.74, 6) is -0.937. The first kappa shape index (κ1) is 14.5. The Morgan fingerprint density at radius 3 is 2.33 bits per heavy atom. The van der Waals surface area contributed by atoms with Crippen LogP contribution in [0.3, 0.4) is 0 Å². The van der Waals surface area contributed by atoms with Gasteiger partial charge < -0.3 is 9.47 Å². The molecule has 0 aliphatic carbocycles. The largest absolute Gasteiger partial charge is 0.465 e. The molecule has 0 heterocycles. The molecule has 4 nitrogen and oxygen atoms in total. The normalized spacial score (nSPS) is 10.3. The number of methoxy groups -OCH3 is 1. The third kappa shape index (κ3) is 4.04. The fraction of sp³-hybridized carbons (Fsp3) is 0.0588. The molecule has 0 amide bonds. The number of carbonyl (C=O) groups is 2. The average molecular weight is 282 g/mol. The van der Waals surface area contributed by atoms with E-state index in [1.165, 1.54) is 19.3 Å². The Hall–Kier alpha value is -2.88. The zero-order valence-electron chi connectivity index (χ0n) is 11.5. The molecule has 21 heavy (non-hydrogen) atoms. The lowest BCUT2D eigenvalue weighted by Crippen LogP contribution is -2.09. The highest BCUT2D eigenvalue weighted by Gasteiger charge is 2.13. The zero-order valence-corrected chi connectivity index (χ0v) is 11.5. The second-order valence-corrected chi connectivity index (χ2v) is 4.15. The van der Waals surface area contributed by atoms with E-state index in [4.69, 9.17) is 4.74 Å². The predicted octanol–water partition coefficient (Wildman–Crippen LogP) is 3.09. The Balaban J connectivity index is 2.10. The number of hydrogen-bond acceptors (Lipinski definition) is 4. The smallest absolute Gasteiger partial charge is 0.341 e. The van der Waals surface area contributed by atoms with Gasteiger partial charge >= 0.3 is 11.9 Å². The van der Waals surface area contributed by atoms with E-state index < -0.39 is 11.9 Å². The van der Waals surface area contributed by atoms with Crippen molar-refractivity contribution in [2.45, 2.75) is 0 Å². The average Bonchev–Trinajstić information content (AvgIpc) is 2.54. The van der Waals surface area contributed by atoms with E-state index in [0.29, 0.717) is 0 Å². The van der Waals surface area contributed by atoms with Gasteiger partial charge in [-0.15, -0.1) is 0 Å². The topological polar surface area (TPSA) is 52.6 Å². The molecule has 0 saturated carbocycles. The fourth-order valence-corrected chi connectivity index (χ4v) is 1.71. The van der Waals surface area contributed by atoms with Gasteiger partial charge in [-0.2, -0.15) is 0 Å². The first-order valence-electron chi connectivity index (χ1n) is 6.33. The number of esters is 2. The lowest BCUT2D eigenvalue weighted by molar-refractivity contribution is -0.128. The van der Waals surface area contributed by atoms with E-state index >= 15 is 0 Å². The van der Waals surface area contributed by atoms with Crippen LogP contribution >= 0.6 is 0 Å². The quantitative estimate of drug-likeness (QED) is 0.491. The summed E-state index contributed by atoms with van der Waals surface area (Å²) in [5.41, 5.74) is 1.09. The van der Waals surface area contributed by atoms with Crippen molar-refractivity contribution >= 4 is 18.0 Å². The highest BCUT2D eigenvalue weighted by Crippen LogP contribution is 2.19. The summed E-state index contributed by atoms with van der Waals surface area (Å²) < 4.78 is 9.80. The molecule has 0 unspecified atom stereocenters. The molecule has 0 spiro atoms. The molecule has 0 N–H and O–H groups in total. The van der Waals surface area contributed by atoms with Crippen LogP contribution < -0.4 is 4.74 Å².